The second kappa shape index (κ2) is 12.6. The molecule has 3 nitrogen and oxygen atoms in total. The molecule has 0 unspecified atom stereocenters. The predicted octanol–water partition coefficient (Wildman–Crippen LogP) is 14.2. The molecular weight excluding hydrogens is 691 g/mol. The molecule has 3 heterocycles. The second-order valence-electron chi connectivity index (χ2n) is 16.3. The van der Waals surface area contributed by atoms with Crippen molar-refractivity contribution in [2.24, 2.45) is 0 Å². The van der Waals surface area contributed by atoms with Crippen LogP contribution in [0, 0.1) is 34.6 Å². The zero-order valence-corrected chi connectivity index (χ0v) is 33.1. The number of nitrogens with zero attached hydrogens (tertiary/aromatic N) is 3. The minimum atomic E-state index is 0.781. The lowest BCUT2D eigenvalue weighted by Crippen LogP contribution is -2.00. The van der Waals surface area contributed by atoms with Crippen molar-refractivity contribution in [1.29, 1.82) is 0 Å². The first kappa shape index (κ1) is 33.5. The zero-order chi connectivity index (χ0) is 38.5. The van der Waals surface area contributed by atoms with Crippen LogP contribution in [-0.2, 0) is 6.54 Å². The van der Waals surface area contributed by atoms with Gasteiger partial charge in [0.15, 0.2) is 0 Å². The van der Waals surface area contributed by atoms with Crippen molar-refractivity contribution in [3.8, 4) is 22.5 Å². The Hall–Kier alpha value is -6.84. The van der Waals surface area contributed by atoms with E-state index in [1.807, 2.05) is 0 Å². The molecule has 0 aliphatic heterocycles. The molecular formula is C54H43N3. The van der Waals surface area contributed by atoms with Gasteiger partial charge in [-0.05, 0) is 154 Å². The number of aromatic nitrogens is 3. The fourth-order valence-corrected chi connectivity index (χ4v) is 9.43. The maximum absolute atomic E-state index is 2.51. The lowest BCUT2D eigenvalue weighted by atomic mass is 10.0. The summed E-state index contributed by atoms with van der Waals surface area (Å²) in [5.41, 5.74) is 19.9. The molecule has 0 N–H and O–H groups in total. The van der Waals surface area contributed by atoms with Crippen LogP contribution in [0.25, 0.3) is 87.9 Å². The molecule has 11 aromatic rings. The molecule has 0 atom stereocenters. The summed E-state index contributed by atoms with van der Waals surface area (Å²) in [7, 11) is 0. The van der Waals surface area contributed by atoms with E-state index in [4.69, 9.17) is 0 Å². The van der Waals surface area contributed by atoms with Crippen LogP contribution in [0.15, 0.2) is 158 Å². The van der Waals surface area contributed by atoms with E-state index in [0.29, 0.717) is 0 Å². The van der Waals surface area contributed by atoms with Gasteiger partial charge in [-0.3, -0.25) is 0 Å². The first-order valence-electron chi connectivity index (χ1n) is 20.0. The number of fused-ring (bicyclic) bond motifs is 9. The molecule has 0 bridgehead atoms. The van der Waals surface area contributed by atoms with Gasteiger partial charge >= 0.3 is 0 Å². The Morgan fingerprint density at radius 3 is 1.28 bits per heavy atom. The van der Waals surface area contributed by atoms with Crippen molar-refractivity contribution >= 4 is 65.4 Å². The normalized spacial score (nSPS) is 12.0. The first-order chi connectivity index (χ1) is 27.8. The number of hydrogen-bond acceptors (Lipinski definition) is 0. The van der Waals surface area contributed by atoms with Crippen molar-refractivity contribution in [3.05, 3.63) is 191 Å². The first-order valence-corrected chi connectivity index (χ1v) is 20.0. The van der Waals surface area contributed by atoms with Crippen molar-refractivity contribution in [3.63, 3.8) is 0 Å². The van der Waals surface area contributed by atoms with Gasteiger partial charge in [-0.1, -0.05) is 82.9 Å². The third-order valence-corrected chi connectivity index (χ3v) is 12.1. The van der Waals surface area contributed by atoms with Gasteiger partial charge in [-0.15, -0.1) is 0 Å². The highest BCUT2D eigenvalue weighted by Gasteiger charge is 2.18. The Balaban J connectivity index is 1.04. The molecule has 11 rings (SSSR count). The summed E-state index contributed by atoms with van der Waals surface area (Å²) in [5, 5.41) is 7.77. The standard InChI is InChI=1S/C54H43N3/c1-33-8-6-10-41(24-33)56-53-21-15-37(5)28-46(53)47-29-38(16-22-54(47)56)32-55-49-18-12-34(2)25-43(49)48-31-40(17-23-50(48)55)39-9-7-11-42(30-39)57-51-19-13-35(3)26-44(51)45-27-36(4)14-20-52(45)57/h6-31H,32H2,1-5H3. The number of rotatable bonds is 5. The van der Waals surface area contributed by atoms with Gasteiger partial charge < -0.3 is 13.7 Å². The van der Waals surface area contributed by atoms with E-state index in [0.717, 1.165) is 6.54 Å². The highest BCUT2D eigenvalue weighted by molar-refractivity contribution is 6.12. The van der Waals surface area contributed by atoms with E-state index in [-0.39, 0.29) is 0 Å². The van der Waals surface area contributed by atoms with E-state index in [1.165, 1.54) is 121 Å². The SMILES string of the molecule is Cc1cccc(-n2c3ccc(C)cc3c3cc(Cn4c5ccc(C)cc5c5cc(-c6cccc(-n7c8ccc(C)cc8c8cc(C)ccc87)c6)ccc54)ccc32)c1. The van der Waals surface area contributed by atoms with E-state index >= 15 is 0 Å². The molecule has 274 valence electrons. The van der Waals surface area contributed by atoms with Gasteiger partial charge in [0.1, 0.15) is 0 Å². The minimum Gasteiger partial charge on any atom is -0.336 e. The molecule has 0 fully saturated rings. The third-order valence-electron chi connectivity index (χ3n) is 12.1. The predicted molar refractivity (Wildman–Crippen MR) is 243 cm³/mol. The Kier molecular flexibility index (Phi) is 7.40. The van der Waals surface area contributed by atoms with Crippen LogP contribution in [0.2, 0.25) is 0 Å². The van der Waals surface area contributed by atoms with Gasteiger partial charge in [0.05, 0.1) is 22.1 Å². The van der Waals surface area contributed by atoms with E-state index in [9.17, 15) is 0 Å². The highest BCUT2D eigenvalue weighted by atomic mass is 15.0. The molecule has 0 saturated heterocycles. The van der Waals surface area contributed by atoms with E-state index in [2.05, 4.69) is 206 Å². The van der Waals surface area contributed by atoms with Crippen LogP contribution in [0.3, 0.4) is 0 Å². The van der Waals surface area contributed by atoms with Crippen molar-refractivity contribution in [2.75, 3.05) is 0 Å². The molecule has 0 aliphatic carbocycles. The van der Waals surface area contributed by atoms with Crippen LogP contribution in [-0.4, -0.2) is 13.7 Å². The molecule has 0 amide bonds. The zero-order valence-electron chi connectivity index (χ0n) is 33.1. The monoisotopic (exact) mass is 733 g/mol. The molecule has 0 radical (unpaired) electrons. The fourth-order valence-electron chi connectivity index (χ4n) is 9.43. The maximum Gasteiger partial charge on any atom is 0.0541 e. The van der Waals surface area contributed by atoms with Crippen LogP contribution in [0.4, 0.5) is 0 Å². The number of aryl methyl sites for hydroxylation is 5. The molecule has 0 saturated carbocycles. The Morgan fingerprint density at radius 1 is 0.316 bits per heavy atom. The highest BCUT2D eigenvalue weighted by Crippen LogP contribution is 2.38. The second-order valence-corrected chi connectivity index (χ2v) is 16.3. The lowest BCUT2D eigenvalue weighted by Gasteiger charge is -2.12. The van der Waals surface area contributed by atoms with Crippen LogP contribution < -0.4 is 0 Å². The number of hydrogen-bond donors (Lipinski definition) is 0. The van der Waals surface area contributed by atoms with Gasteiger partial charge in [0.25, 0.3) is 0 Å². The Morgan fingerprint density at radius 2 is 0.719 bits per heavy atom. The van der Waals surface area contributed by atoms with Crippen molar-refractivity contribution < 1.29 is 0 Å². The molecule has 3 heteroatoms. The molecule has 57 heavy (non-hydrogen) atoms. The summed E-state index contributed by atoms with van der Waals surface area (Å²) in [6.07, 6.45) is 0. The van der Waals surface area contributed by atoms with Gasteiger partial charge in [0, 0.05) is 61.3 Å². The lowest BCUT2D eigenvalue weighted by molar-refractivity contribution is 0.870. The summed E-state index contributed by atoms with van der Waals surface area (Å²) in [6.45, 7) is 11.7. The minimum absolute atomic E-state index is 0.781. The average Bonchev–Trinajstić information content (AvgIpc) is 3.82. The molecule has 8 aromatic carbocycles. The largest absolute Gasteiger partial charge is 0.336 e. The summed E-state index contributed by atoms with van der Waals surface area (Å²) >= 11 is 0. The quantitative estimate of drug-likeness (QED) is 0.167. The smallest absolute Gasteiger partial charge is 0.0541 e. The van der Waals surface area contributed by atoms with Crippen LogP contribution >= 0.6 is 0 Å². The van der Waals surface area contributed by atoms with Crippen molar-refractivity contribution in [2.45, 2.75) is 41.2 Å². The fraction of sp³-hybridized carbons (Fsp3) is 0.111. The Bertz CT molecular complexity index is 3380. The van der Waals surface area contributed by atoms with Crippen LogP contribution in [0.5, 0.6) is 0 Å². The summed E-state index contributed by atoms with van der Waals surface area (Å²) in [4.78, 5) is 0. The molecule has 0 aliphatic rings. The van der Waals surface area contributed by atoms with Gasteiger partial charge in [-0.2, -0.15) is 0 Å². The van der Waals surface area contributed by atoms with Gasteiger partial charge in [-0.25, -0.2) is 0 Å². The average molecular weight is 734 g/mol. The van der Waals surface area contributed by atoms with E-state index in [1.54, 1.807) is 0 Å². The van der Waals surface area contributed by atoms with Gasteiger partial charge in [0.2, 0.25) is 0 Å². The summed E-state index contributed by atoms with van der Waals surface area (Å²) in [5.74, 6) is 0. The van der Waals surface area contributed by atoms with Crippen molar-refractivity contribution in [1.82, 2.24) is 13.7 Å². The summed E-state index contributed by atoms with van der Waals surface area (Å²) < 4.78 is 7.36. The third kappa shape index (κ3) is 5.33. The summed E-state index contributed by atoms with van der Waals surface area (Å²) in [6, 6.07) is 59.4. The molecule has 3 aromatic heterocycles. The Labute approximate surface area is 332 Å². The topological polar surface area (TPSA) is 14.8 Å². The molecule has 0 spiro atoms. The number of benzene rings is 8. The maximum atomic E-state index is 2.51. The van der Waals surface area contributed by atoms with Crippen LogP contribution in [0.1, 0.15) is 33.4 Å². The van der Waals surface area contributed by atoms with E-state index < -0.39 is 0 Å².